The summed E-state index contributed by atoms with van der Waals surface area (Å²) in [6, 6.07) is 9.29. The van der Waals surface area contributed by atoms with E-state index in [0.29, 0.717) is 10.7 Å². The molecule has 0 spiro atoms. The largest absolute Gasteiger partial charge is 0.333 e. The Labute approximate surface area is 167 Å². The number of hydrogen-bond donors (Lipinski definition) is 1. The van der Waals surface area contributed by atoms with Gasteiger partial charge in [0.2, 0.25) is 5.91 Å². The van der Waals surface area contributed by atoms with Gasteiger partial charge in [0.25, 0.3) is 5.91 Å². The van der Waals surface area contributed by atoms with E-state index in [1.165, 1.54) is 11.3 Å². The van der Waals surface area contributed by atoms with Gasteiger partial charge in [-0.3, -0.25) is 14.3 Å². The lowest BCUT2D eigenvalue weighted by molar-refractivity contribution is -0.132. The molecule has 28 heavy (non-hydrogen) atoms. The molecular formula is C20H21N5O2S. The van der Waals surface area contributed by atoms with Crippen LogP contribution in [-0.2, 0) is 11.3 Å². The summed E-state index contributed by atoms with van der Waals surface area (Å²) in [6.45, 7) is 2.92. The predicted molar refractivity (Wildman–Crippen MR) is 107 cm³/mol. The van der Waals surface area contributed by atoms with Crippen molar-refractivity contribution in [3.63, 3.8) is 0 Å². The van der Waals surface area contributed by atoms with Gasteiger partial charge in [-0.1, -0.05) is 6.07 Å². The number of nitrogens with one attached hydrogen (secondary N) is 1. The first-order chi connectivity index (χ1) is 13.6. The van der Waals surface area contributed by atoms with E-state index in [1.54, 1.807) is 29.3 Å². The summed E-state index contributed by atoms with van der Waals surface area (Å²) in [5, 5.41) is 6.93. The molecule has 0 aliphatic carbocycles. The van der Waals surface area contributed by atoms with Crippen molar-refractivity contribution in [2.75, 3.05) is 11.9 Å². The maximum atomic E-state index is 12.7. The number of nitrogens with zero attached hydrogens (tertiary/aromatic N) is 4. The second kappa shape index (κ2) is 7.93. The predicted octanol–water partition coefficient (Wildman–Crippen LogP) is 3.26. The van der Waals surface area contributed by atoms with Gasteiger partial charge in [0.15, 0.2) is 0 Å². The van der Waals surface area contributed by atoms with Crippen LogP contribution in [-0.4, -0.2) is 38.0 Å². The molecule has 2 amide bonds. The highest BCUT2D eigenvalue weighted by molar-refractivity contribution is 7.14. The summed E-state index contributed by atoms with van der Waals surface area (Å²) in [6.07, 6.45) is 7.04. The van der Waals surface area contributed by atoms with Gasteiger partial charge in [0.05, 0.1) is 10.9 Å². The number of hydrogen-bond acceptors (Lipinski definition) is 5. The summed E-state index contributed by atoms with van der Waals surface area (Å²) in [5.74, 6) is 0.400. The molecule has 1 atom stereocenters. The Morgan fingerprint density at radius 2 is 2.18 bits per heavy atom. The van der Waals surface area contributed by atoms with Crippen molar-refractivity contribution in [2.24, 2.45) is 0 Å². The number of pyridine rings is 1. The Kier molecular flexibility index (Phi) is 5.21. The lowest BCUT2D eigenvalue weighted by atomic mass is 10.2. The van der Waals surface area contributed by atoms with Crippen molar-refractivity contribution in [3.8, 4) is 0 Å². The third kappa shape index (κ3) is 3.96. The Balaban J connectivity index is 1.44. The second-order valence-electron chi connectivity index (χ2n) is 6.83. The lowest BCUT2D eigenvalue weighted by Crippen LogP contribution is -2.33. The van der Waals surface area contributed by atoms with Crippen molar-refractivity contribution in [3.05, 3.63) is 64.2 Å². The number of aryl methyl sites for hydroxylation is 1. The molecule has 7 nitrogen and oxygen atoms in total. The van der Waals surface area contributed by atoms with E-state index in [1.807, 2.05) is 36.1 Å². The first kappa shape index (κ1) is 18.4. The zero-order valence-corrected chi connectivity index (χ0v) is 16.4. The molecule has 1 aliphatic rings. The number of carbonyl (C=O) groups is 2. The minimum Gasteiger partial charge on any atom is -0.333 e. The average molecular weight is 395 g/mol. The number of carbonyl (C=O) groups excluding carboxylic acids is 2. The first-order valence-corrected chi connectivity index (χ1v) is 10.0. The molecule has 4 heterocycles. The molecule has 8 heteroatoms. The minimum absolute atomic E-state index is 0.0205. The Hall–Kier alpha value is -3.00. The highest BCUT2D eigenvalue weighted by Crippen LogP contribution is 2.36. The monoisotopic (exact) mass is 395 g/mol. The summed E-state index contributed by atoms with van der Waals surface area (Å²) in [4.78, 5) is 33.0. The van der Waals surface area contributed by atoms with Crippen molar-refractivity contribution in [2.45, 2.75) is 32.4 Å². The average Bonchev–Trinajstić information content (AvgIpc) is 3.44. The molecule has 1 aliphatic heterocycles. The normalized spacial score (nSPS) is 16.3. The lowest BCUT2D eigenvalue weighted by Gasteiger charge is -2.23. The van der Waals surface area contributed by atoms with Crippen molar-refractivity contribution < 1.29 is 9.59 Å². The zero-order chi connectivity index (χ0) is 19.5. The summed E-state index contributed by atoms with van der Waals surface area (Å²) in [5.41, 5.74) is 1.04. The quantitative estimate of drug-likeness (QED) is 0.719. The highest BCUT2D eigenvalue weighted by atomic mass is 32.1. The Morgan fingerprint density at radius 3 is 2.93 bits per heavy atom. The van der Waals surface area contributed by atoms with Crippen molar-refractivity contribution in [1.29, 1.82) is 0 Å². The molecule has 1 saturated heterocycles. The SMILES string of the molecule is Cc1ccc(NC(=O)c2ccc([C@H]3CCCN3C(=O)Cn3cccn3)s2)nc1. The van der Waals surface area contributed by atoms with Crippen molar-refractivity contribution >= 4 is 29.0 Å². The van der Waals surface area contributed by atoms with Gasteiger partial charge in [0.1, 0.15) is 12.4 Å². The summed E-state index contributed by atoms with van der Waals surface area (Å²) < 4.78 is 1.64. The molecule has 144 valence electrons. The first-order valence-electron chi connectivity index (χ1n) is 9.21. The molecule has 3 aromatic heterocycles. The van der Waals surface area contributed by atoms with Gasteiger partial charge in [0, 0.05) is 30.0 Å². The number of aromatic nitrogens is 3. The fraction of sp³-hybridized carbons (Fsp3) is 0.300. The van der Waals surface area contributed by atoms with Gasteiger partial charge in [-0.2, -0.15) is 5.10 Å². The van der Waals surface area contributed by atoms with Gasteiger partial charge in [-0.25, -0.2) is 4.98 Å². The fourth-order valence-corrected chi connectivity index (χ4v) is 4.41. The van der Waals surface area contributed by atoms with Crippen LogP contribution in [0.1, 0.15) is 39.0 Å². The van der Waals surface area contributed by atoms with E-state index < -0.39 is 0 Å². The van der Waals surface area contributed by atoms with Gasteiger partial charge >= 0.3 is 0 Å². The zero-order valence-electron chi connectivity index (χ0n) is 15.5. The van der Waals surface area contributed by atoms with Crippen LogP contribution in [0.4, 0.5) is 5.82 Å². The van der Waals surface area contributed by atoms with Crippen LogP contribution in [0.3, 0.4) is 0 Å². The molecule has 3 aromatic rings. The molecule has 0 bridgehead atoms. The molecule has 1 N–H and O–H groups in total. The van der Waals surface area contributed by atoms with Crippen LogP contribution in [0.15, 0.2) is 48.9 Å². The molecule has 4 rings (SSSR count). The molecule has 0 radical (unpaired) electrons. The standard InChI is InChI=1S/C20H21N5O2S/c1-14-5-8-18(21-12-14)23-20(27)17-7-6-16(28-17)15-4-2-11-25(15)19(26)13-24-10-3-9-22-24/h3,5-10,12,15H,2,4,11,13H2,1H3,(H,21,23,27)/t15-/m1/s1. The Morgan fingerprint density at radius 1 is 1.29 bits per heavy atom. The van der Waals surface area contributed by atoms with E-state index in [9.17, 15) is 9.59 Å². The molecule has 0 aromatic carbocycles. The molecule has 1 fully saturated rings. The Bertz CT molecular complexity index is 965. The minimum atomic E-state index is -0.181. The van der Waals surface area contributed by atoms with E-state index >= 15 is 0 Å². The number of rotatable bonds is 5. The smallest absolute Gasteiger partial charge is 0.266 e. The van der Waals surface area contributed by atoms with Gasteiger partial charge < -0.3 is 10.2 Å². The second-order valence-corrected chi connectivity index (χ2v) is 7.94. The van der Waals surface area contributed by atoms with Crippen LogP contribution >= 0.6 is 11.3 Å². The number of likely N-dealkylation sites (tertiary alicyclic amines) is 1. The van der Waals surface area contributed by atoms with Crippen LogP contribution in [0.5, 0.6) is 0 Å². The third-order valence-corrected chi connectivity index (χ3v) is 5.95. The van der Waals surface area contributed by atoms with E-state index in [-0.39, 0.29) is 24.4 Å². The maximum Gasteiger partial charge on any atom is 0.266 e. The molecule has 0 unspecified atom stereocenters. The third-order valence-electron chi connectivity index (χ3n) is 4.76. The van der Waals surface area contributed by atoms with Gasteiger partial charge in [-0.15, -0.1) is 11.3 Å². The molecule has 0 saturated carbocycles. The maximum absolute atomic E-state index is 12.7. The summed E-state index contributed by atoms with van der Waals surface area (Å²) >= 11 is 1.43. The number of anilines is 1. The van der Waals surface area contributed by atoms with Crippen LogP contribution in [0, 0.1) is 6.92 Å². The van der Waals surface area contributed by atoms with E-state index in [0.717, 1.165) is 29.8 Å². The highest BCUT2D eigenvalue weighted by Gasteiger charge is 2.31. The summed E-state index contributed by atoms with van der Waals surface area (Å²) in [7, 11) is 0. The molecular weight excluding hydrogens is 374 g/mol. The van der Waals surface area contributed by atoms with E-state index in [4.69, 9.17) is 0 Å². The fourth-order valence-electron chi connectivity index (χ4n) is 3.36. The van der Waals surface area contributed by atoms with E-state index in [2.05, 4.69) is 15.4 Å². The van der Waals surface area contributed by atoms with Crippen molar-refractivity contribution in [1.82, 2.24) is 19.7 Å². The topological polar surface area (TPSA) is 80.1 Å². The van der Waals surface area contributed by atoms with Crippen LogP contribution in [0.25, 0.3) is 0 Å². The van der Waals surface area contributed by atoms with Crippen LogP contribution < -0.4 is 5.32 Å². The van der Waals surface area contributed by atoms with Crippen LogP contribution in [0.2, 0.25) is 0 Å². The number of amides is 2. The number of thiophene rings is 1. The van der Waals surface area contributed by atoms with Gasteiger partial charge in [-0.05, 0) is 49.6 Å².